The van der Waals surface area contributed by atoms with Crippen molar-refractivity contribution in [3.05, 3.63) is 193 Å². The second-order valence-electron chi connectivity index (χ2n) is 12.8. The Morgan fingerprint density at radius 3 is 1.80 bits per heavy atom. The molecule has 0 unspecified atom stereocenters. The molecule has 4 heteroatoms. The fraction of sp³-hybridized carbons (Fsp3) is 0. The first-order valence-electron chi connectivity index (χ1n) is 17.2. The molecule has 0 fully saturated rings. The van der Waals surface area contributed by atoms with Crippen LogP contribution in [0.1, 0.15) is 16.7 Å². The van der Waals surface area contributed by atoms with Crippen LogP contribution in [0.5, 0.6) is 0 Å². The number of amidine groups is 3. The second-order valence-corrected chi connectivity index (χ2v) is 12.8. The number of benzene rings is 8. The summed E-state index contributed by atoms with van der Waals surface area (Å²) >= 11 is 0. The molecule has 9 aromatic rings. The van der Waals surface area contributed by atoms with Crippen LogP contribution in [0.2, 0.25) is 0 Å². The van der Waals surface area contributed by atoms with E-state index in [9.17, 15) is 0 Å². The number of nitrogens with zero attached hydrogens (tertiary/aromatic N) is 2. The van der Waals surface area contributed by atoms with Crippen molar-refractivity contribution in [2.75, 3.05) is 0 Å². The van der Waals surface area contributed by atoms with E-state index in [2.05, 4.69) is 151 Å². The minimum atomic E-state index is 0.654. The maximum atomic E-state index is 6.60. The van der Waals surface area contributed by atoms with E-state index in [1.54, 1.807) is 0 Å². The number of furan rings is 1. The van der Waals surface area contributed by atoms with Gasteiger partial charge in [-0.1, -0.05) is 138 Å². The molecule has 4 nitrogen and oxygen atoms in total. The summed E-state index contributed by atoms with van der Waals surface area (Å²) in [5, 5.41) is 10.4. The van der Waals surface area contributed by atoms with Crippen LogP contribution >= 0.6 is 0 Å². The minimum absolute atomic E-state index is 0.654. The van der Waals surface area contributed by atoms with Gasteiger partial charge >= 0.3 is 11.7 Å². The third-order valence-electron chi connectivity index (χ3n) is 9.80. The van der Waals surface area contributed by atoms with Crippen LogP contribution in [0.15, 0.2) is 185 Å². The highest BCUT2D eigenvalue weighted by Gasteiger charge is 2.29. The Bertz CT molecular complexity index is 2910. The number of hydrogen-bond acceptors (Lipinski definition) is 3. The minimum Gasteiger partial charge on any atom is -0.456 e. The Balaban J connectivity index is 1.20. The van der Waals surface area contributed by atoms with Gasteiger partial charge in [0.15, 0.2) is 0 Å². The average Bonchev–Trinajstić information content (AvgIpc) is 3.60. The van der Waals surface area contributed by atoms with E-state index in [4.69, 9.17) is 14.1 Å². The van der Waals surface area contributed by atoms with Crippen molar-refractivity contribution in [3.63, 3.8) is 0 Å². The fourth-order valence-corrected chi connectivity index (χ4v) is 7.41. The topological polar surface area (TPSA) is 51.6 Å². The fourth-order valence-electron chi connectivity index (χ4n) is 7.41. The zero-order chi connectivity index (χ0) is 33.7. The number of nitrogens with one attached hydrogen (secondary N) is 1. The lowest BCUT2D eigenvalue weighted by Crippen LogP contribution is -2.38. The van der Waals surface area contributed by atoms with Crippen LogP contribution < -0.4 is 9.98 Å². The molecular weight excluding hydrogens is 623 g/mol. The van der Waals surface area contributed by atoms with E-state index in [1.807, 2.05) is 30.3 Å². The van der Waals surface area contributed by atoms with Gasteiger partial charge in [0.2, 0.25) is 0 Å². The van der Waals surface area contributed by atoms with Crippen LogP contribution in [-0.4, -0.2) is 17.5 Å². The lowest BCUT2D eigenvalue weighted by atomic mass is 9.90. The molecule has 0 spiro atoms. The molecule has 1 aliphatic heterocycles. The van der Waals surface area contributed by atoms with Crippen molar-refractivity contribution in [1.29, 1.82) is 0 Å². The van der Waals surface area contributed by atoms with E-state index in [1.165, 1.54) is 27.3 Å². The van der Waals surface area contributed by atoms with Crippen molar-refractivity contribution in [2.24, 2.45) is 4.99 Å². The molecule has 0 radical (unpaired) electrons. The summed E-state index contributed by atoms with van der Waals surface area (Å²) in [6.07, 6.45) is 0. The molecule has 1 aliphatic rings. The Hall–Kier alpha value is -7.00. The van der Waals surface area contributed by atoms with E-state index in [-0.39, 0.29) is 0 Å². The van der Waals surface area contributed by atoms with Gasteiger partial charge in [-0.3, -0.25) is 0 Å². The smallest absolute Gasteiger partial charge is 0.360 e. The Morgan fingerprint density at radius 1 is 0.431 bits per heavy atom. The number of fused-ring (bicyclic) bond motifs is 5. The summed E-state index contributed by atoms with van der Waals surface area (Å²) in [6.45, 7) is 0. The highest BCUT2D eigenvalue weighted by atomic mass is 16.3. The maximum absolute atomic E-state index is 6.60. The third-order valence-corrected chi connectivity index (χ3v) is 9.80. The van der Waals surface area contributed by atoms with Gasteiger partial charge in [0.05, 0.1) is 16.7 Å². The molecule has 0 amide bonds. The van der Waals surface area contributed by atoms with Gasteiger partial charge in [-0.15, -0.1) is 0 Å². The van der Waals surface area contributed by atoms with E-state index in [0.29, 0.717) is 5.84 Å². The predicted molar refractivity (Wildman–Crippen MR) is 213 cm³/mol. The SMILES string of the molecule is c1ccc(C2=[N+]=C(c3ccc4ccccc4c3)N=C(c3cccc4oc5cccc(-c6ccc(-c7ccccc7)c7ccccc67)c5c34)N2)cc1. The first kappa shape index (κ1) is 29.0. The van der Waals surface area contributed by atoms with Gasteiger partial charge in [-0.05, 0) is 86.3 Å². The molecule has 10 rings (SSSR count). The van der Waals surface area contributed by atoms with Gasteiger partial charge in [0.25, 0.3) is 5.84 Å². The molecule has 1 N–H and O–H groups in total. The zero-order valence-corrected chi connectivity index (χ0v) is 27.5. The van der Waals surface area contributed by atoms with Crippen molar-refractivity contribution < 1.29 is 4.42 Å². The Kier molecular flexibility index (Phi) is 6.73. The van der Waals surface area contributed by atoms with Gasteiger partial charge in [-0.2, -0.15) is 0 Å². The summed E-state index contributed by atoms with van der Waals surface area (Å²) < 4.78 is 11.7. The quantitative estimate of drug-likeness (QED) is 0.188. The van der Waals surface area contributed by atoms with Crippen LogP contribution in [0.25, 0.3) is 65.7 Å². The monoisotopic (exact) mass is 652 g/mol. The van der Waals surface area contributed by atoms with Crippen LogP contribution in [0, 0.1) is 0 Å². The average molecular weight is 653 g/mol. The summed E-state index contributed by atoms with van der Waals surface area (Å²) in [5.41, 5.74) is 9.21. The standard InChI is InChI=1S/C47H29N3O/c1-3-14-31(15-4-1)35-27-28-38(37-20-10-9-19-36(35)37)39-21-11-23-41-43(39)44-40(22-12-24-42(44)51-41)47-49-45(32-16-5-2-6-17-32)48-46(50-47)34-26-25-30-13-7-8-18-33(30)29-34/h1-29H/p+1. The molecule has 2 heterocycles. The van der Waals surface area contributed by atoms with Crippen molar-refractivity contribution in [3.8, 4) is 22.3 Å². The van der Waals surface area contributed by atoms with E-state index in [0.717, 1.165) is 66.8 Å². The van der Waals surface area contributed by atoms with Gasteiger partial charge in [-0.25, -0.2) is 9.98 Å². The first-order valence-corrected chi connectivity index (χ1v) is 17.2. The van der Waals surface area contributed by atoms with Gasteiger partial charge < -0.3 is 4.42 Å². The molecule has 238 valence electrons. The molecule has 0 atom stereocenters. The highest BCUT2D eigenvalue weighted by Crippen LogP contribution is 2.42. The molecule has 0 saturated carbocycles. The summed E-state index contributed by atoms with van der Waals surface area (Å²) in [6, 6.07) is 61.3. The maximum Gasteiger partial charge on any atom is 0.360 e. The Morgan fingerprint density at radius 2 is 1.04 bits per heavy atom. The Labute approximate surface area is 294 Å². The predicted octanol–water partition coefficient (Wildman–Crippen LogP) is 10.5. The van der Waals surface area contributed by atoms with Crippen molar-refractivity contribution in [1.82, 2.24) is 9.98 Å². The second kappa shape index (κ2) is 11.9. The van der Waals surface area contributed by atoms with Crippen molar-refractivity contribution in [2.45, 2.75) is 0 Å². The molecule has 1 aromatic heterocycles. The van der Waals surface area contributed by atoms with Crippen LogP contribution in [0.3, 0.4) is 0 Å². The number of hydrogen-bond donors (Lipinski definition) is 1. The molecule has 8 aromatic carbocycles. The molecule has 51 heavy (non-hydrogen) atoms. The van der Waals surface area contributed by atoms with E-state index < -0.39 is 0 Å². The summed E-state index contributed by atoms with van der Waals surface area (Å²) in [7, 11) is 0. The molecule has 0 aliphatic carbocycles. The van der Waals surface area contributed by atoms with Crippen molar-refractivity contribution >= 4 is 61.0 Å². The molecular formula is C47H30N3O+. The zero-order valence-electron chi connectivity index (χ0n) is 27.5. The summed E-state index contributed by atoms with van der Waals surface area (Å²) in [4.78, 5) is 5.23. The molecule has 0 bridgehead atoms. The molecule has 0 saturated heterocycles. The highest BCUT2D eigenvalue weighted by molar-refractivity contribution is 6.29. The number of rotatable bonds is 5. The summed E-state index contributed by atoms with van der Waals surface area (Å²) in [5.74, 6) is 2.12. The normalized spacial score (nSPS) is 12.9. The number of aliphatic imine (C=N–C) groups is 1. The van der Waals surface area contributed by atoms with Gasteiger partial charge in [0, 0.05) is 10.8 Å². The van der Waals surface area contributed by atoms with Gasteiger partial charge in [0.1, 0.15) is 11.2 Å². The lowest BCUT2D eigenvalue weighted by Gasteiger charge is -2.13. The van der Waals surface area contributed by atoms with E-state index >= 15 is 0 Å². The third kappa shape index (κ3) is 4.94. The largest absolute Gasteiger partial charge is 0.456 e. The van der Waals surface area contributed by atoms with Crippen LogP contribution in [-0.2, 0) is 0 Å². The van der Waals surface area contributed by atoms with Crippen LogP contribution in [0.4, 0.5) is 0 Å². The first-order chi connectivity index (χ1) is 25.3. The lowest BCUT2D eigenvalue weighted by molar-refractivity contribution is 0.669.